The van der Waals surface area contributed by atoms with Gasteiger partial charge in [0.2, 0.25) is 5.91 Å². The van der Waals surface area contributed by atoms with Crippen molar-refractivity contribution in [2.24, 2.45) is 0 Å². The Labute approximate surface area is 240 Å². The predicted octanol–water partition coefficient (Wildman–Crippen LogP) is 6.06. The van der Waals surface area contributed by atoms with Gasteiger partial charge in [-0.3, -0.25) is 14.5 Å². The number of methoxy groups -OCH3 is 1. The van der Waals surface area contributed by atoms with Gasteiger partial charge in [0.1, 0.15) is 5.00 Å². The molecule has 3 heterocycles. The molecule has 2 N–H and O–H groups in total. The zero-order chi connectivity index (χ0) is 28.1. The molecule has 0 saturated carbocycles. The Hall–Kier alpha value is -3.86. The van der Waals surface area contributed by atoms with E-state index < -0.39 is 11.2 Å². The predicted molar refractivity (Wildman–Crippen MR) is 157 cm³/mol. The largest absolute Gasteiger partial charge is 0.465 e. The van der Waals surface area contributed by atoms with Gasteiger partial charge in [0.25, 0.3) is 5.91 Å². The van der Waals surface area contributed by atoms with Crippen LogP contribution in [0.5, 0.6) is 0 Å². The van der Waals surface area contributed by atoms with Crippen molar-refractivity contribution >= 4 is 51.6 Å². The average molecular weight is 576 g/mol. The van der Waals surface area contributed by atoms with Crippen LogP contribution in [0.4, 0.5) is 10.7 Å². The van der Waals surface area contributed by atoms with Crippen LogP contribution >= 0.6 is 23.1 Å². The molecule has 10 heteroatoms. The maximum atomic E-state index is 13.2. The summed E-state index contributed by atoms with van der Waals surface area (Å²) in [6.07, 6.45) is 2.15. The van der Waals surface area contributed by atoms with Gasteiger partial charge < -0.3 is 19.8 Å². The Morgan fingerprint density at radius 1 is 1.07 bits per heavy atom. The smallest absolute Gasteiger partial charge is 0.341 e. The number of ether oxygens (including phenoxy) is 1. The van der Waals surface area contributed by atoms with Crippen molar-refractivity contribution in [3.05, 3.63) is 100 Å². The minimum Gasteiger partial charge on any atom is -0.465 e. The van der Waals surface area contributed by atoms with Crippen molar-refractivity contribution in [3.8, 4) is 0 Å². The lowest BCUT2D eigenvalue weighted by molar-refractivity contribution is -0.115. The molecule has 0 fully saturated rings. The first-order valence-corrected chi connectivity index (χ1v) is 14.5. The number of esters is 1. The second-order valence-corrected chi connectivity index (χ2v) is 11.9. The molecule has 1 atom stereocenters. The van der Waals surface area contributed by atoms with E-state index in [1.165, 1.54) is 42.0 Å². The zero-order valence-electron chi connectivity index (χ0n) is 22.1. The fourth-order valence-electron chi connectivity index (χ4n) is 4.56. The highest BCUT2D eigenvalue weighted by molar-refractivity contribution is 8.00. The average Bonchev–Trinajstić information content (AvgIpc) is 3.61. The highest BCUT2D eigenvalue weighted by atomic mass is 32.2. The van der Waals surface area contributed by atoms with Gasteiger partial charge in [0.15, 0.2) is 5.76 Å². The van der Waals surface area contributed by atoms with Gasteiger partial charge in [-0.1, -0.05) is 36.4 Å². The fourth-order valence-corrected chi connectivity index (χ4v) is 6.77. The number of anilines is 2. The minimum absolute atomic E-state index is 0.217. The van der Waals surface area contributed by atoms with E-state index in [2.05, 4.69) is 27.7 Å². The number of hydrogen-bond acceptors (Lipinski definition) is 8. The van der Waals surface area contributed by atoms with Crippen LogP contribution in [-0.4, -0.2) is 41.6 Å². The van der Waals surface area contributed by atoms with Crippen molar-refractivity contribution in [2.45, 2.75) is 36.6 Å². The molecule has 1 aliphatic heterocycles. The lowest BCUT2D eigenvalue weighted by Crippen LogP contribution is -2.29. The number of nitrogens with one attached hydrogen (secondary N) is 2. The Morgan fingerprint density at radius 2 is 1.90 bits per heavy atom. The van der Waals surface area contributed by atoms with E-state index in [0.29, 0.717) is 29.2 Å². The van der Waals surface area contributed by atoms with Crippen LogP contribution in [0.1, 0.15) is 43.8 Å². The van der Waals surface area contributed by atoms with Gasteiger partial charge in [0, 0.05) is 35.1 Å². The summed E-state index contributed by atoms with van der Waals surface area (Å²) in [5.41, 5.74) is 3.24. The SMILES string of the molecule is COC(=O)c1c(NC(=O)C(C)Sc2cccc(NC(=O)c3ccco3)c2)sc2c1CCN(Cc1ccccc1)C2. The third-order valence-corrected chi connectivity index (χ3v) is 8.76. The first-order chi connectivity index (χ1) is 19.4. The van der Waals surface area contributed by atoms with Crippen molar-refractivity contribution in [3.63, 3.8) is 0 Å². The quantitative estimate of drug-likeness (QED) is 0.185. The first-order valence-electron chi connectivity index (χ1n) is 12.8. The normalized spacial score (nSPS) is 13.8. The van der Waals surface area contributed by atoms with Gasteiger partial charge in [0.05, 0.1) is 24.2 Å². The summed E-state index contributed by atoms with van der Waals surface area (Å²) in [6, 6.07) is 20.8. The van der Waals surface area contributed by atoms with Crippen LogP contribution in [0.15, 0.2) is 82.3 Å². The molecule has 5 rings (SSSR count). The maximum absolute atomic E-state index is 13.2. The molecule has 1 aliphatic rings. The van der Waals surface area contributed by atoms with Gasteiger partial charge in [-0.25, -0.2) is 4.79 Å². The Balaban J connectivity index is 1.26. The molecule has 40 heavy (non-hydrogen) atoms. The number of benzene rings is 2. The van der Waals surface area contributed by atoms with E-state index in [0.717, 1.165) is 28.4 Å². The molecule has 0 aliphatic carbocycles. The summed E-state index contributed by atoms with van der Waals surface area (Å²) in [7, 11) is 1.36. The van der Waals surface area contributed by atoms with Crippen LogP contribution in [0.25, 0.3) is 0 Å². The third kappa shape index (κ3) is 6.47. The molecule has 206 valence electrons. The summed E-state index contributed by atoms with van der Waals surface area (Å²) < 4.78 is 10.2. The number of hydrogen-bond donors (Lipinski definition) is 2. The molecular formula is C30H29N3O5S2. The Bertz CT molecular complexity index is 1500. The molecule has 0 saturated heterocycles. The molecule has 8 nitrogen and oxygen atoms in total. The molecule has 0 spiro atoms. The second-order valence-electron chi connectivity index (χ2n) is 9.35. The van der Waals surface area contributed by atoms with E-state index in [-0.39, 0.29) is 17.6 Å². The molecule has 2 aromatic carbocycles. The highest BCUT2D eigenvalue weighted by Gasteiger charge is 2.30. The van der Waals surface area contributed by atoms with Crippen LogP contribution in [0, 0.1) is 0 Å². The van der Waals surface area contributed by atoms with E-state index in [1.54, 1.807) is 31.2 Å². The summed E-state index contributed by atoms with van der Waals surface area (Å²) >= 11 is 2.80. The number of thiophene rings is 1. The van der Waals surface area contributed by atoms with Crippen LogP contribution in [-0.2, 0) is 29.0 Å². The van der Waals surface area contributed by atoms with E-state index in [9.17, 15) is 14.4 Å². The summed E-state index contributed by atoms with van der Waals surface area (Å²) in [5.74, 6) is -0.796. The molecule has 2 amide bonds. The maximum Gasteiger partial charge on any atom is 0.341 e. The zero-order valence-corrected chi connectivity index (χ0v) is 23.8. The minimum atomic E-state index is -0.463. The fraction of sp³-hybridized carbons (Fsp3) is 0.233. The number of nitrogens with zero attached hydrogens (tertiary/aromatic N) is 1. The topological polar surface area (TPSA) is 101 Å². The molecular weight excluding hydrogens is 546 g/mol. The standard InChI is InChI=1S/C30H29N3O5S2/c1-19(39-22-11-6-10-21(16-22)31-28(35)24-12-7-15-38-24)27(34)32-29-26(30(36)37-2)23-13-14-33(18-25(23)40-29)17-20-8-4-3-5-9-20/h3-12,15-16,19H,13-14,17-18H2,1-2H3,(H,31,35)(H,32,34). The van der Waals surface area contributed by atoms with Gasteiger partial charge in [-0.15, -0.1) is 23.1 Å². The summed E-state index contributed by atoms with van der Waals surface area (Å²) in [6.45, 7) is 4.15. The van der Waals surface area contributed by atoms with E-state index in [1.807, 2.05) is 30.3 Å². The molecule has 1 unspecified atom stereocenters. The number of fused-ring (bicyclic) bond motifs is 1. The Kier molecular flexibility index (Phi) is 8.69. The highest BCUT2D eigenvalue weighted by Crippen LogP contribution is 2.38. The number of carbonyl (C=O) groups excluding carboxylic acids is 3. The third-order valence-electron chi connectivity index (χ3n) is 6.53. The number of furan rings is 1. The molecule has 4 aromatic rings. The number of thioether (sulfide) groups is 1. The lowest BCUT2D eigenvalue weighted by Gasteiger charge is -2.27. The number of carbonyl (C=O) groups is 3. The van der Waals surface area contributed by atoms with Crippen molar-refractivity contribution in [1.29, 1.82) is 0 Å². The molecule has 2 aromatic heterocycles. The Morgan fingerprint density at radius 3 is 2.65 bits per heavy atom. The van der Waals surface area contributed by atoms with Crippen LogP contribution < -0.4 is 10.6 Å². The van der Waals surface area contributed by atoms with Crippen molar-refractivity contribution in [1.82, 2.24) is 4.90 Å². The van der Waals surface area contributed by atoms with E-state index in [4.69, 9.17) is 9.15 Å². The van der Waals surface area contributed by atoms with Crippen molar-refractivity contribution < 1.29 is 23.5 Å². The lowest BCUT2D eigenvalue weighted by atomic mass is 10.0. The number of rotatable bonds is 9. The van der Waals surface area contributed by atoms with Gasteiger partial charge in [-0.2, -0.15) is 0 Å². The van der Waals surface area contributed by atoms with E-state index >= 15 is 0 Å². The summed E-state index contributed by atoms with van der Waals surface area (Å²) in [4.78, 5) is 42.6. The monoisotopic (exact) mass is 575 g/mol. The second kappa shape index (κ2) is 12.5. The van der Waals surface area contributed by atoms with Gasteiger partial charge >= 0.3 is 5.97 Å². The first kappa shape index (κ1) is 27.7. The van der Waals surface area contributed by atoms with Crippen molar-refractivity contribution in [2.75, 3.05) is 24.3 Å². The molecule has 0 radical (unpaired) electrons. The summed E-state index contributed by atoms with van der Waals surface area (Å²) in [5, 5.41) is 5.85. The molecule has 0 bridgehead atoms. The van der Waals surface area contributed by atoms with Gasteiger partial charge in [-0.05, 0) is 54.8 Å². The number of amides is 2. The van der Waals surface area contributed by atoms with Crippen LogP contribution in [0.3, 0.4) is 0 Å². The van der Waals surface area contributed by atoms with Crippen LogP contribution in [0.2, 0.25) is 0 Å².